The van der Waals surface area contributed by atoms with Crippen molar-refractivity contribution < 1.29 is 9.18 Å². The number of nitrogens with zero attached hydrogens (tertiary/aromatic N) is 2. The zero-order valence-electron chi connectivity index (χ0n) is 14.4. The zero-order chi connectivity index (χ0) is 17.0. The zero-order valence-corrected chi connectivity index (χ0v) is 14.4. The van der Waals surface area contributed by atoms with Crippen molar-refractivity contribution in [3.63, 3.8) is 0 Å². The SMILES string of the molecule is O=C(C1[C@H]2CCCC[C@@H]12)N1CCC(c2nc3c(F)cccc3[nH]2)CC1. The van der Waals surface area contributed by atoms with Gasteiger partial charge >= 0.3 is 0 Å². The molecule has 2 aliphatic carbocycles. The molecule has 3 fully saturated rings. The highest BCUT2D eigenvalue weighted by Crippen LogP contribution is 2.56. The van der Waals surface area contributed by atoms with E-state index in [1.807, 2.05) is 6.07 Å². The summed E-state index contributed by atoms with van der Waals surface area (Å²) < 4.78 is 13.8. The minimum absolute atomic E-state index is 0.274. The second-order valence-corrected chi connectivity index (χ2v) is 8.00. The van der Waals surface area contributed by atoms with E-state index in [1.165, 1.54) is 31.7 Å². The molecule has 1 unspecified atom stereocenters. The topological polar surface area (TPSA) is 49.0 Å². The molecule has 4 nitrogen and oxygen atoms in total. The van der Waals surface area contributed by atoms with E-state index in [4.69, 9.17) is 0 Å². The van der Waals surface area contributed by atoms with Gasteiger partial charge in [-0.15, -0.1) is 0 Å². The molecule has 3 aliphatic rings. The molecule has 0 radical (unpaired) electrons. The second-order valence-electron chi connectivity index (χ2n) is 8.00. The Morgan fingerprint density at radius 3 is 2.52 bits per heavy atom. The quantitative estimate of drug-likeness (QED) is 0.902. The molecule has 2 heterocycles. The van der Waals surface area contributed by atoms with Crippen molar-refractivity contribution >= 4 is 16.9 Å². The molecule has 5 rings (SSSR count). The van der Waals surface area contributed by atoms with Gasteiger partial charge in [-0.2, -0.15) is 0 Å². The number of halogens is 1. The number of hydrogen-bond acceptors (Lipinski definition) is 2. The highest BCUT2D eigenvalue weighted by molar-refractivity contribution is 5.82. The first kappa shape index (κ1) is 15.4. The predicted octanol–water partition coefficient (Wildman–Crippen LogP) is 3.84. The van der Waals surface area contributed by atoms with Crippen LogP contribution >= 0.6 is 0 Å². The third-order valence-corrected chi connectivity index (χ3v) is 6.62. The standard InChI is InChI=1S/C20H24FN3O/c21-15-6-3-7-16-18(15)23-19(22-16)12-8-10-24(11-9-12)20(25)17-13-4-1-2-5-14(13)17/h3,6-7,12-14,17H,1-2,4-5,8-11H2,(H,22,23)/t13-,14+,17?. The fourth-order valence-electron chi connectivity index (χ4n) is 5.15. The monoisotopic (exact) mass is 341 g/mol. The summed E-state index contributed by atoms with van der Waals surface area (Å²) in [7, 11) is 0. The van der Waals surface area contributed by atoms with E-state index in [2.05, 4.69) is 14.9 Å². The molecule has 2 aromatic rings. The maximum atomic E-state index is 13.8. The summed E-state index contributed by atoms with van der Waals surface area (Å²) in [6, 6.07) is 5.02. The van der Waals surface area contributed by atoms with Crippen LogP contribution in [0.1, 0.15) is 50.3 Å². The molecule has 25 heavy (non-hydrogen) atoms. The van der Waals surface area contributed by atoms with Crippen molar-refractivity contribution in [2.45, 2.75) is 44.4 Å². The number of carbonyl (C=O) groups excluding carboxylic acids is 1. The Morgan fingerprint density at radius 2 is 1.84 bits per heavy atom. The van der Waals surface area contributed by atoms with E-state index in [-0.39, 0.29) is 11.7 Å². The lowest BCUT2D eigenvalue weighted by atomic mass is 9.95. The number of likely N-dealkylation sites (tertiary alicyclic amines) is 1. The molecule has 0 bridgehead atoms. The summed E-state index contributed by atoms with van der Waals surface area (Å²) >= 11 is 0. The van der Waals surface area contributed by atoms with Gasteiger partial charge in [0.1, 0.15) is 11.3 Å². The van der Waals surface area contributed by atoms with Crippen LogP contribution in [-0.2, 0) is 4.79 Å². The number of carbonyl (C=O) groups is 1. The Kier molecular flexibility index (Phi) is 3.57. The Labute approximate surface area is 146 Å². The van der Waals surface area contributed by atoms with E-state index in [0.717, 1.165) is 37.3 Å². The van der Waals surface area contributed by atoms with Gasteiger partial charge in [0.2, 0.25) is 5.91 Å². The van der Waals surface area contributed by atoms with Gasteiger partial charge in [-0.05, 0) is 49.7 Å². The fourth-order valence-corrected chi connectivity index (χ4v) is 5.15. The number of para-hydroxylation sites is 1. The normalized spacial score (nSPS) is 29.6. The Bertz CT molecular complexity index is 796. The van der Waals surface area contributed by atoms with Gasteiger partial charge in [-0.1, -0.05) is 18.9 Å². The number of nitrogens with one attached hydrogen (secondary N) is 1. The van der Waals surface area contributed by atoms with E-state index in [0.29, 0.717) is 29.2 Å². The van der Waals surface area contributed by atoms with Gasteiger partial charge in [-0.3, -0.25) is 4.79 Å². The van der Waals surface area contributed by atoms with Gasteiger partial charge in [0.05, 0.1) is 5.52 Å². The van der Waals surface area contributed by atoms with Crippen LogP contribution in [0, 0.1) is 23.6 Å². The van der Waals surface area contributed by atoms with Crippen molar-refractivity contribution in [2.24, 2.45) is 17.8 Å². The molecule has 5 heteroatoms. The van der Waals surface area contributed by atoms with Crippen LogP contribution in [0.4, 0.5) is 4.39 Å². The number of piperidine rings is 1. The van der Waals surface area contributed by atoms with Crippen molar-refractivity contribution in [1.82, 2.24) is 14.9 Å². The molecule has 1 N–H and O–H groups in total. The highest BCUT2D eigenvalue weighted by atomic mass is 19.1. The van der Waals surface area contributed by atoms with Crippen LogP contribution < -0.4 is 0 Å². The van der Waals surface area contributed by atoms with Crippen LogP contribution in [0.5, 0.6) is 0 Å². The van der Waals surface area contributed by atoms with Crippen LogP contribution in [0.15, 0.2) is 18.2 Å². The smallest absolute Gasteiger partial charge is 0.226 e. The first-order valence-corrected chi connectivity index (χ1v) is 9.65. The fraction of sp³-hybridized carbons (Fsp3) is 0.600. The van der Waals surface area contributed by atoms with Crippen LogP contribution in [0.3, 0.4) is 0 Å². The van der Waals surface area contributed by atoms with Crippen LogP contribution in [0.2, 0.25) is 0 Å². The van der Waals surface area contributed by atoms with Crippen LogP contribution in [0.25, 0.3) is 11.0 Å². The molecule has 132 valence electrons. The molecule has 1 saturated heterocycles. The summed E-state index contributed by atoms with van der Waals surface area (Å²) in [6.07, 6.45) is 6.93. The third-order valence-electron chi connectivity index (χ3n) is 6.62. The van der Waals surface area contributed by atoms with Gasteiger partial charge < -0.3 is 9.88 Å². The number of aromatic nitrogens is 2. The average molecular weight is 341 g/mol. The minimum atomic E-state index is -0.274. The van der Waals surface area contributed by atoms with Crippen molar-refractivity contribution in [3.05, 3.63) is 29.8 Å². The van der Waals surface area contributed by atoms with Crippen LogP contribution in [-0.4, -0.2) is 33.9 Å². The number of fused-ring (bicyclic) bond motifs is 2. The highest BCUT2D eigenvalue weighted by Gasteiger charge is 2.55. The molecule has 1 aromatic carbocycles. The lowest BCUT2D eigenvalue weighted by Gasteiger charge is -2.31. The molecule has 1 aromatic heterocycles. The van der Waals surface area contributed by atoms with Crippen molar-refractivity contribution in [1.29, 1.82) is 0 Å². The number of amides is 1. The number of H-pyrrole nitrogens is 1. The third kappa shape index (κ3) is 2.55. The second kappa shape index (κ2) is 5.82. The molecule has 0 spiro atoms. The van der Waals surface area contributed by atoms with E-state index in [1.54, 1.807) is 6.07 Å². The lowest BCUT2D eigenvalue weighted by Crippen LogP contribution is -2.39. The Balaban J connectivity index is 1.25. The number of rotatable bonds is 2. The van der Waals surface area contributed by atoms with E-state index < -0.39 is 0 Å². The molecular formula is C20H24FN3O. The minimum Gasteiger partial charge on any atom is -0.342 e. The maximum absolute atomic E-state index is 13.8. The Morgan fingerprint density at radius 1 is 1.12 bits per heavy atom. The van der Waals surface area contributed by atoms with E-state index >= 15 is 0 Å². The van der Waals surface area contributed by atoms with Gasteiger partial charge in [0.25, 0.3) is 0 Å². The van der Waals surface area contributed by atoms with Crippen molar-refractivity contribution in [2.75, 3.05) is 13.1 Å². The lowest BCUT2D eigenvalue weighted by molar-refractivity contribution is -0.134. The summed E-state index contributed by atoms with van der Waals surface area (Å²) in [5.41, 5.74) is 1.19. The number of benzene rings is 1. The molecule has 1 aliphatic heterocycles. The number of aromatic amines is 1. The number of imidazole rings is 1. The average Bonchev–Trinajstić information content (AvgIpc) is 3.21. The largest absolute Gasteiger partial charge is 0.342 e. The summed E-state index contributed by atoms with van der Waals surface area (Å²) in [6.45, 7) is 1.61. The first-order valence-electron chi connectivity index (χ1n) is 9.65. The van der Waals surface area contributed by atoms with Crippen molar-refractivity contribution in [3.8, 4) is 0 Å². The first-order chi connectivity index (χ1) is 12.2. The molecule has 1 amide bonds. The predicted molar refractivity (Wildman–Crippen MR) is 93.5 cm³/mol. The summed E-state index contributed by atoms with van der Waals surface area (Å²) in [5, 5.41) is 0. The van der Waals surface area contributed by atoms with Gasteiger partial charge in [-0.25, -0.2) is 9.37 Å². The maximum Gasteiger partial charge on any atom is 0.226 e. The summed E-state index contributed by atoms with van der Waals surface area (Å²) in [4.78, 5) is 22.6. The molecule has 2 saturated carbocycles. The Hall–Kier alpha value is -1.91. The molecular weight excluding hydrogens is 317 g/mol. The van der Waals surface area contributed by atoms with Gasteiger partial charge in [0.15, 0.2) is 5.82 Å². The summed E-state index contributed by atoms with van der Waals surface area (Å²) in [5.74, 6) is 2.95. The van der Waals surface area contributed by atoms with E-state index in [9.17, 15) is 9.18 Å². The number of hydrogen-bond donors (Lipinski definition) is 1. The molecule has 3 atom stereocenters. The van der Waals surface area contributed by atoms with Gasteiger partial charge in [0, 0.05) is 24.9 Å².